The van der Waals surface area contributed by atoms with Crippen molar-refractivity contribution in [3.8, 4) is 0 Å². The highest BCUT2D eigenvalue weighted by molar-refractivity contribution is 7.90. The SMILES string of the molecule is CS(=O)(=O)c1cccc(CC(=O)NC2CCC(CN)(c3cccc(Cl)c3)CC2)c1.Cl. The molecule has 5 nitrogen and oxygen atoms in total. The predicted molar refractivity (Wildman–Crippen MR) is 123 cm³/mol. The van der Waals surface area contributed by atoms with Gasteiger partial charge < -0.3 is 11.1 Å². The van der Waals surface area contributed by atoms with Crippen LogP contribution < -0.4 is 11.1 Å². The van der Waals surface area contributed by atoms with Crippen LogP contribution in [0.5, 0.6) is 0 Å². The Bertz CT molecular complexity index is 987. The zero-order chi connectivity index (χ0) is 21.1. The number of nitrogens with two attached hydrogens (primary N) is 1. The van der Waals surface area contributed by atoms with Crippen molar-refractivity contribution in [1.29, 1.82) is 0 Å². The van der Waals surface area contributed by atoms with Gasteiger partial charge in [0.15, 0.2) is 9.84 Å². The standard InChI is InChI=1S/C22H27ClN2O3S.ClH/c1-29(27,28)20-7-2-4-16(12-20)13-21(26)25-19-8-10-22(15-24,11-9-19)17-5-3-6-18(23)14-17;/h2-7,12,14,19H,8-11,13,15,24H2,1H3,(H,25,26);1H. The average Bonchev–Trinajstić information content (AvgIpc) is 2.68. The van der Waals surface area contributed by atoms with Crippen LogP contribution in [0.2, 0.25) is 5.02 Å². The van der Waals surface area contributed by atoms with E-state index in [1.807, 2.05) is 18.2 Å². The maximum atomic E-state index is 12.5. The number of sulfone groups is 1. The largest absolute Gasteiger partial charge is 0.353 e. The summed E-state index contributed by atoms with van der Waals surface area (Å²) in [6.45, 7) is 0.548. The number of benzene rings is 2. The molecule has 1 aliphatic rings. The van der Waals surface area contributed by atoms with E-state index in [-0.39, 0.29) is 41.1 Å². The van der Waals surface area contributed by atoms with Crippen molar-refractivity contribution in [3.63, 3.8) is 0 Å². The summed E-state index contributed by atoms with van der Waals surface area (Å²) in [7, 11) is -3.29. The summed E-state index contributed by atoms with van der Waals surface area (Å²) >= 11 is 6.16. The first kappa shape index (κ1) is 24.7. The Balaban J connectivity index is 0.00000320. The monoisotopic (exact) mass is 470 g/mol. The van der Waals surface area contributed by atoms with Gasteiger partial charge in [0.2, 0.25) is 5.91 Å². The number of amides is 1. The highest BCUT2D eigenvalue weighted by Gasteiger charge is 2.36. The molecule has 0 unspecified atom stereocenters. The minimum atomic E-state index is -3.29. The first-order chi connectivity index (χ1) is 13.7. The van der Waals surface area contributed by atoms with Crippen LogP contribution in [0, 0.1) is 0 Å². The normalized spacial score (nSPS) is 21.5. The van der Waals surface area contributed by atoms with Crippen LogP contribution in [0.15, 0.2) is 53.4 Å². The van der Waals surface area contributed by atoms with E-state index in [0.717, 1.165) is 37.5 Å². The predicted octanol–water partition coefficient (Wildman–Crippen LogP) is 3.66. The Morgan fingerprint density at radius 1 is 1.17 bits per heavy atom. The van der Waals surface area contributed by atoms with E-state index in [1.54, 1.807) is 24.3 Å². The van der Waals surface area contributed by atoms with E-state index in [4.69, 9.17) is 17.3 Å². The van der Waals surface area contributed by atoms with E-state index in [0.29, 0.717) is 17.1 Å². The third kappa shape index (κ3) is 5.97. The smallest absolute Gasteiger partial charge is 0.224 e. The molecule has 0 aromatic heterocycles. The molecule has 0 saturated heterocycles. The lowest BCUT2D eigenvalue weighted by Gasteiger charge is -2.40. The molecule has 30 heavy (non-hydrogen) atoms. The first-order valence-electron chi connectivity index (χ1n) is 9.76. The van der Waals surface area contributed by atoms with Crippen LogP contribution in [0.1, 0.15) is 36.8 Å². The van der Waals surface area contributed by atoms with Gasteiger partial charge in [0.1, 0.15) is 0 Å². The third-order valence-electron chi connectivity index (χ3n) is 5.83. The van der Waals surface area contributed by atoms with Crippen molar-refractivity contribution in [3.05, 3.63) is 64.7 Å². The molecule has 8 heteroatoms. The Kier molecular flexibility index (Phi) is 8.34. The number of rotatable bonds is 6. The molecular formula is C22H28Cl2N2O3S. The Morgan fingerprint density at radius 2 is 1.83 bits per heavy atom. The molecule has 1 fully saturated rings. The van der Waals surface area contributed by atoms with Crippen molar-refractivity contribution in [1.82, 2.24) is 5.32 Å². The lowest BCUT2D eigenvalue weighted by Crippen LogP contribution is -2.45. The quantitative estimate of drug-likeness (QED) is 0.673. The fraction of sp³-hybridized carbons (Fsp3) is 0.409. The van der Waals surface area contributed by atoms with Gasteiger partial charge in [-0.1, -0.05) is 35.9 Å². The summed E-state index contributed by atoms with van der Waals surface area (Å²) in [5.41, 5.74) is 7.89. The van der Waals surface area contributed by atoms with Crippen LogP contribution in [0.4, 0.5) is 0 Å². The van der Waals surface area contributed by atoms with Gasteiger partial charge in [-0.2, -0.15) is 0 Å². The molecule has 0 bridgehead atoms. The number of carbonyl (C=O) groups excluding carboxylic acids is 1. The molecule has 2 aromatic carbocycles. The lowest BCUT2D eigenvalue weighted by atomic mass is 9.68. The molecule has 1 aliphatic carbocycles. The second-order valence-electron chi connectivity index (χ2n) is 7.93. The molecule has 0 heterocycles. The maximum Gasteiger partial charge on any atom is 0.224 e. The average molecular weight is 471 g/mol. The van der Waals surface area contributed by atoms with Crippen LogP contribution in [0.25, 0.3) is 0 Å². The maximum absolute atomic E-state index is 12.5. The van der Waals surface area contributed by atoms with Crippen LogP contribution in [-0.4, -0.2) is 33.2 Å². The summed E-state index contributed by atoms with van der Waals surface area (Å²) in [5.74, 6) is -0.0938. The molecule has 2 aromatic rings. The summed E-state index contributed by atoms with van der Waals surface area (Å²) in [5, 5.41) is 3.81. The fourth-order valence-corrected chi connectivity index (χ4v) is 4.98. The Hall–Kier alpha value is -1.60. The van der Waals surface area contributed by atoms with Gasteiger partial charge in [-0.25, -0.2) is 8.42 Å². The third-order valence-corrected chi connectivity index (χ3v) is 7.17. The minimum absolute atomic E-state index is 0. The molecule has 0 atom stereocenters. The lowest BCUT2D eigenvalue weighted by molar-refractivity contribution is -0.121. The van der Waals surface area contributed by atoms with Gasteiger partial charge in [-0.15, -0.1) is 12.4 Å². The van der Waals surface area contributed by atoms with Gasteiger partial charge in [0.25, 0.3) is 0 Å². The van der Waals surface area contributed by atoms with Crippen LogP contribution in [0.3, 0.4) is 0 Å². The highest BCUT2D eigenvalue weighted by Crippen LogP contribution is 2.39. The molecule has 164 valence electrons. The zero-order valence-corrected chi connectivity index (χ0v) is 19.3. The summed E-state index contributed by atoms with van der Waals surface area (Å²) < 4.78 is 23.4. The minimum Gasteiger partial charge on any atom is -0.353 e. The van der Waals surface area contributed by atoms with E-state index in [2.05, 4.69) is 11.4 Å². The summed E-state index contributed by atoms with van der Waals surface area (Å²) in [4.78, 5) is 12.7. The Morgan fingerprint density at radius 3 is 2.43 bits per heavy atom. The first-order valence-corrected chi connectivity index (χ1v) is 12.0. The van der Waals surface area contributed by atoms with Crippen LogP contribution >= 0.6 is 24.0 Å². The van der Waals surface area contributed by atoms with Gasteiger partial charge >= 0.3 is 0 Å². The van der Waals surface area contributed by atoms with Crippen molar-refractivity contribution >= 4 is 39.8 Å². The highest BCUT2D eigenvalue weighted by atomic mass is 35.5. The topological polar surface area (TPSA) is 89.3 Å². The number of carbonyl (C=O) groups is 1. The molecule has 0 aliphatic heterocycles. The number of hydrogen-bond donors (Lipinski definition) is 2. The zero-order valence-electron chi connectivity index (χ0n) is 16.9. The number of hydrogen-bond acceptors (Lipinski definition) is 4. The molecule has 0 spiro atoms. The van der Waals surface area contributed by atoms with E-state index >= 15 is 0 Å². The molecule has 1 amide bonds. The molecular weight excluding hydrogens is 443 g/mol. The van der Waals surface area contributed by atoms with Crippen LogP contribution in [-0.2, 0) is 26.5 Å². The van der Waals surface area contributed by atoms with Gasteiger partial charge in [-0.3, -0.25) is 4.79 Å². The van der Waals surface area contributed by atoms with Gasteiger partial charge in [-0.05, 0) is 61.1 Å². The number of nitrogens with one attached hydrogen (secondary N) is 1. The van der Waals surface area contributed by atoms with Crippen molar-refractivity contribution in [2.45, 2.75) is 48.5 Å². The molecule has 1 saturated carbocycles. The van der Waals surface area contributed by atoms with E-state index in [1.165, 1.54) is 0 Å². The summed E-state index contributed by atoms with van der Waals surface area (Å²) in [6.07, 6.45) is 4.79. The van der Waals surface area contributed by atoms with E-state index in [9.17, 15) is 13.2 Å². The van der Waals surface area contributed by atoms with Crippen molar-refractivity contribution in [2.75, 3.05) is 12.8 Å². The molecule has 0 radical (unpaired) electrons. The molecule has 3 rings (SSSR count). The second kappa shape index (κ2) is 10.1. The van der Waals surface area contributed by atoms with E-state index < -0.39 is 9.84 Å². The fourth-order valence-electron chi connectivity index (χ4n) is 4.09. The van der Waals surface area contributed by atoms with Gasteiger partial charge in [0.05, 0.1) is 11.3 Å². The number of halogens is 2. The van der Waals surface area contributed by atoms with Gasteiger partial charge in [0, 0.05) is 29.3 Å². The summed E-state index contributed by atoms with van der Waals surface area (Å²) in [6, 6.07) is 14.5. The van der Waals surface area contributed by atoms with Crippen molar-refractivity contribution in [2.24, 2.45) is 5.73 Å². The Labute approximate surface area is 189 Å². The second-order valence-corrected chi connectivity index (χ2v) is 10.4. The van der Waals surface area contributed by atoms with Crippen molar-refractivity contribution < 1.29 is 13.2 Å². The molecule has 3 N–H and O–H groups in total.